The van der Waals surface area contributed by atoms with Crippen molar-refractivity contribution < 1.29 is 4.79 Å². The molecule has 1 N–H and O–H groups in total. The van der Waals surface area contributed by atoms with Crippen LogP contribution in [0.4, 0.5) is 0 Å². The minimum atomic E-state index is -0.297. The number of rotatable bonds is 3. The molecule has 0 aromatic carbocycles. The van der Waals surface area contributed by atoms with E-state index in [4.69, 9.17) is 6.42 Å². The molecule has 64 valence electrons. The fraction of sp³-hybridized carbons (Fsp3) is 0.444. The quantitative estimate of drug-likeness (QED) is 0.724. The van der Waals surface area contributed by atoms with Crippen LogP contribution < -0.4 is 5.32 Å². The molecule has 1 atom stereocenters. The Balaban J connectivity index is 3.92. The van der Waals surface area contributed by atoms with Gasteiger partial charge in [-0.2, -0.15) is 0 Å². The first-order chi connectivity index (χ1) is 5.74. The van der Waals surface area contributed by atoms with Crippen LogP contribution in [0.2, 0.25) is 0 Å². The lowest BCUT2D eigenvalue weighted by Crippen LogP contribution is -2.32. The van der Waals surface area contributed by atoms with Gasteiger partial charge in [-0.3, -0.25) is 4.79 Å². The summed E-state index contributed by atoms with van der Waals surface area (Å²) in [7, 11) is 0. The number of amides is 1. The highest BCUT2D eigenvalue weighted by Gasteiger charge is 2.05. The van der Waals surface area contributed by atoms with Crippen molar-refractivity contribution in [2.24, 2.45) is 0 Å². The summed E-state index contributed by atoms with van der Waals surface area (Å²) in [5.74, 6) is 4.51. The Kier molecular flexibility index (Phi) is 6.24. The molecule has 0 saturated heterocycles. The molecular formula is C9H10BrNO. The van der Waals surface area contributed by atoms with Crippen LogP contribution in [0.15, 0.2) is 0 Å². The second kappa shape index (κ2) is 6.76. The lowest BCUT2D eigenvalue weighted by molar-refractivity contribution is -0.116. The third-order valence-corrected chi connectivity index (χ3v) is 1.55. The Labute approximate surface area is 81.2 Å². The highest BCUT2D eigenvalue weighted by molar-refractivity contribution is 9.12. The molecule has 0 radical (unpaired) electrons. The summed E-state index contributed by atoms with van der Waals surface area (Å²) in [6.07, 6.45) is 6.48. The monoisotopic (exact) mass is 227 g/mol. The van der Waals surface area contributed by atoms with Crippen LogP contribution >= 0.6 is 15.9 Å². The Hall–Kier alpha value is -0.930. The van der Waals surface area contributed by atoms with Gasteiger partial charge in [-0.1, -0.05) is 6.92 Å². The highest BCUT2D eigenvalue weighted by atomic mass is 79.9. The Morgan fingerprint density at radius 1 is 1.75 bits per heavy atom. The van der Waals surface area contributed by atoms with E-state index in [0.717, 1.165) is 6.42 Å². The number of hydrogen-bond acceptors (Lipinski definition) is 1. The van der Waals surface area contributed by atoms with Crippen LogP contribution in [0.1, 0.15) is 19.8 Å². The summed E-state index contributed by atoms with van der Waals surface area (Å²) in [5.41, 5.74) is 0. The molecule has 0 bridgehead atoms. The van der Waals surface area contributed by atoms with Gasteiger partial charge in [0.1, 0.15) is 0 Å². The zero-order valence-electron chi connectivity index (χ0n) is 6.86. The number of terminal acetylenes is 1. The van der Waals surface area contributed by atoms with Gasteiger partial charge < -0.3 is 5.32 Å². The summed E-state index contributed by atoms with van der Waals surface area (Å²) in [6.45, 7) is 1.96. The van der Waals surface area contributed by atoms with E-state index < -0.39 is 0 Å². The molecule has 0 fully saturated rings. The Morgan fingerprint density at radius 3 is 2.83 bits per heavy atom. The molecule has 0 rings (SSSR count). The third-order valence-electron chi connectivity index (χ3n) is 1.35. The molecule has 0 saturated carbocycles. The molecule has 0 aromatic heterocycles. The van der Waals surface area contributed by atoms with Gasteiger partial charge in [0, 0.05) is 34.3 Å². The van der Waals surface area contributed by atoms with Gasteiger partial charge in [0.2, 0.25) is 0 Å². The van der Waals surface area contributed by atoms with Gasteiger partial charge in [-0.25, -0.2) is 0 Å². The van der Waals surface area contributed by atoms with Gasteiger partial charge in [-0.15, -0.1) is 12.3 Å². The Bertz CT molecular complexity index is 243. The molecule has 0 aromatic rings. The van der Waals surface area contributed by atoms with Gasteiger partial charge in [0.05, 0.1) is 0 Å². The van der Waals surface area contributed by atoms with E-state index in [1.165, 1.54) is 0 Å². The summed E-state index contributed by atoms with van der Waals surface area (Å²) in [6, 6.07) is 0.0378. The number of nitrogens with one attached hydrogen (secondary N) is 1. The van der Waals surface area contributed by atoms with Gasteiger partial charge in [0.25, 0.3) is 5.91 Å². The molecule has 0 heterocycles. The van der Waals surface area contributed by atoms with Crippen molar-refractivity contribution in [3.8, 4) is 23.1 Å². The first-order valence-electron chi connectivity index (χ1n) is 3.60. The first kappa shape index (κ1) is 11.1. The molecule has 1 unspecified atom stereocenters. The lowest BCUT2D eigenvalue weighted by Gasteiger charge is -2.10. The molecule has 3 heteroatoms. The van der Waals surface area contributed by atoms with Crippen LogP contribution in [0.25, 0.3) is 0 Å². The van der Waals surface area contributed by atoms with Gasteiger partial charge in [-0.05, 0) is 11.3 Å². The second-order valence-electron chi connectivity index (χ2n) is 2.21. The van der Waals surface area contributed by atoms with Crippen LogP contribution in [0, 0.1) is 23.1 Å². The second-order valence-corrected chi connectivity index (χ2v) is 2.60. The van der Waals surface area contributed by atoms with Gasteiger partial charge in [0.15, 0.2) is 0 Å². The molecule has 0 aliphatic carbocycles. The average Bonchev–Trinajstić information content (AvgIpc) is 2.04. The maximum atomic E-state index is 10.9. The number of halogens is 1. The number of carbonyl (C=O) groups excluding carboxylic acids is 1. The van der Waals surface area contributed by atoms with Crippen molar-refractivity contribution in [3.63, 3.8) is 0 Å². The highest BCUT2D eigenvalue weighted by Crippen LogP contribution is 1.94. The van der Waals surface area contributed by atoms with E-state index in [9.17, 15) is 4.79 Å². The van der Waals surface area contributed by atoms with Crippen molar-refractivity contribution in [2.45, 2.75) is 25.8 Å². The van der Waals surface area contributed by atoms with Crippen LogP contribution in [0.5, 0.6) is 0 Å². The van der Waals surface area contributed by atoms with Crippen molar-refractivity contribution in [3.05, 3.63) is 0 Å². The van der Waals surface area contributed by atoms with Crippen LogP contribution in [-0.2, 0) is 4.79 Å². The summed E-state index contributed by atoms with van der Waals surface area (Å²) >= 11 is 2.84. The molecule has 12 heavy (non-hydrogen) atoms. The minimum Gasteiger partial charge on any atom is -0.342 e. The average molecular weight is 228 g/mol. The fourth-order valence-corrected chi connectivity index (χ4v) is 0.884. The van der Waals surface area contributed by atoms with Crippen molar-refractivity contribution in [1.82, 2.24) is 5.32 Å². The largest absolute Gasteiger partial charge is 0.342 e. The van der Waals surface area contributed by atoms with E-state index in [2.05, 4.69) is 37.9 Å². The predicted octanol–water partition coefficient (Wildman–Crippen LogP) is 1.26. The van der Waals surface area contributed by atoms with Crippen LogP contribution in [-0.4, -0.2) is 11.9 Å². The topological polar surface area (TPSA) is 29.1 Å². The van der Waals surface area contributed by atoms with E-state index in [1.54, 1.807) is 0 Å². The SMILES string of the molecule is C#CCC(CC)NC(=O)C#CBr. The molecule has 0 aliphatic heterocycles. The maximum Gasteiger partial charge on any atom is 0.297 e. The van der Waals surface area contributed by atoms with E-state index >= 15 is 0 Å². The fourth-order valence-electron chi connectivity index (χ4n) is 0.704. The number of hydrogen-bond donors (Lipinski definition) is 1. The molecule has 0 spiro atoms. The zero-order valence-corrected chi connectivity index (χ0v) is 8.44. The molecule has 2 nitrogen and oxygen atoms in total. The maximum absolute atomic E-state index is 10.9. The van der Waals surface area contributed by atoms with E-state index in [-0.39, 0.29) is 11.9 Å². The van der Waals surface area contributed by atoms with Crippen molar-refractivity contribution in [1.29, 1.82) is 0 Å². The number of carbonyl (C=O) groups is 1. The third kappa shape index (κ3) is 4.82. The molecular weight excluding hydrogens is 218 g/mol. The molecule has 1 amide bonds. The van der Waals surface area contributed by atoms with Crippen LogP contribution in [0.3, 0.4) is 0 Å². The van der Waals surface area contributed by atoms with E-state index in [0.29, 0.717) is 6.42 Å². The lowest BCUT2D eigenvalue weighted by atomic mass is 10.1. The normalized spacial score (nSPS) is 10.4. The minimum absolute atomic E-state index is 0.0378. The zero-order chi connectivity index (χ0) is 9.40. The Morgan fingerprint density at radius 2 is 2.42 bits per heavy atom. The standard InChI is InChI=1S/C9H10BrNO/c1-3-5-8(4-2)11-9(12)6-7-10/h1,8H,4-5H2,2H3,(H,11,12). The van der Waals surface area contributed by atoms with Crippen molar-refractivity contribution >= 4 is 21.8 Å². The molecule has 0 aliphatic rings. The van der Waals surface area contributed by atoms with Gasteiger partial charge >= 0.3 is 0 Å². The first-order valence-corrected chi connectivity index (χ1v) is 4.39. The van der Waals surface area contributed by atoms with Crippen molar-refractivity contribution in [2.75, 3.05) is 0 Å². The van der Waals surface area contributed by atoms with E-state index in [1.807, 2.05) is 6.92 Å². The summed E-state index contributed by atoms with van der Waals surface area (Å²) in [4.78, 5) is 13.2. The predicted molar refractivity (Wildman–Crippen MR) is 52.4 cm³/mol. The summed E-state index contributed by atoms with van der Waals surface area (Å²) in [5, 5.41) is 2.68. The smallest absolute Gasteiger partial charge is 0.297 e. The summed E-state index contributed by atoms with van der Waals surface area (Å²) < 4.78 is 0.